The van der Waals surface area contributed by atoms with E-state index in [9.17, 15) is 0 Å². The number of rotatable bonds is 4. The standard InChI is InChI=1S/C17H26/c1-5-13-14(6-2)16(8-4)17(15(13)7-3)11-9-10-12-17/h9,11H,5-8,10,12H2,1-4H3. The lowest BCUT2D eigenvalue weighted by atomic mass is 9.74. The lowest BCUT2D eigenvalue weighted by Crippen LogP contribution is -2.18. The van der Waals surface area contributed by atoms with Crippen LogP contribution >= 0.6 is 0 Å². The van der Waals surface area contributed by atoms with Crippen molar-refractivity contribution in [3.63, 3.8) is 0 Å². The summed E-state index contributed by atoms with van der Waals surface area (Å²) in [6.45, 7) is 9.33. The molecular weight excluding hydrogens is 204 g/mol. The van der Waals surface area contributed by atoms with Crippen LogP contribution in [0.4, 0.5) is 0 Å². The van der Waals surface area contributed by atoms with Crippen LogP contribution < -0.4 is 0 Å². The first-order valence-electron chi connectivity index (χ1n) is 7.38. The minimum absolute atomic E-state index is 0.347. The van der Waals surface area contributed by atoms with Crippen molar-refractivity contribution in [3.8, 4) is 0 Å². The van der Waals surface area contributed by atoms with Gasteiger partial charge in [-0.2, -0.15) is 0 Å². The van der Waals surface area contributed by atoms with Crippen LogP contribution in [0.1, 0.15) is 66.2 Å². The summed E-state index contributed by atoms with van der Waals surface area (Å²) in [6.07, 6.45) is 12.4. The van der Waals surface area contributed by atoms with E-state index in [0.717, 1.165) is 0 Å². The van der Waals surface area contributed by atoms with Gasteiger partial charge >= 0.3 is 0 Å². The Kier molecular flexibility index (Phi) is 3.61. The Balaban J connectivity index is 2.60. The summed E-state index contributed by atoms with van der Waals surface area (Å²) in [5.74, 6) is 0. The topological polar surface area (TPSA) is 0 Å². The molecule has 2 aliphatic carbocycles. The Morgan fingerprint density at radius 1 is 0.882 bits per heavy atom. The zero-order chi connectivity index (χ0) is 12.5. The lowest BCUT2D eigenvalue weighted by molar-refractivity contribution is 0.511. The molecule has 0 bridgehead atoms. The first-order valence-corrected chi connectivity index (χ1v) is 7.38. The maximum Gasteiger partial charge on any atom is 0.0315 e. The van der Waals surface area contributed by atoms with Crippen molar-refractivity contribution in [2.75, 3.05) is 0 Å². The highest BCUT2D eigenvalue weighted by Gasteiger charge is 2.43. The molecular formula is C17H26. The van der Waals surface area contributed by atoms with Gasteiger partial charge in [0.05, 0.1) is 0 Å². The molecule has 2 aliphatic rings. The van der Waals surface area contributed by atoms with E-state index >= 15 is 0 Å². The second kappa shape index (κ2) is 4.84. The van der Waals surface area contributed by atoms with Gasteiger partial charge < -0.3 is 0 Å². The highest BCUT2D eigenvalue weighted by molar-refractivity contribution is 5.57. The monoisotopic (exact) mass is 230 g/mol. The Bertz CT molecular complexity index is 362. The molecule has 0 aromatic carbocycles. The highest BCUT2D eigenvalue weighted by Crippen LogP contribution is 2.56. The first-order chi connectivity index (χ1) is 8.25. The smallest absolute Gasteiger partial charge is 0.0315 e. The normalized spacial score (nSPS) is 22.4. The fraction of sp³-hybridized carbons (Fsp3) is 0.647. The van der Waals surface area contributed by atoms with Gasteiger partial charge in [-0.05, 0) is 49.7 Å². The van der Waals surface area contributed by atoms with Crippen LogP contribution in [0, 0.1) is 5.41 Å². The summed E-state index contributed by atoms with van der Waals surface area (Å²) in [4.78, 5) is 0. The van der Waals surface area contributed by atoms with Crippen LogP contribution in [-0.4, -0.2) is 0 Å². The van der Waals surface area contributed by atoms with E-state index in [2.05, 4.69) is 39.8 Å². The molecule has 0 heterocycles. The fourth-order valence-corrected chi connectivity index (χ4v) is 4.18. The van der Waals surface area contributed by atoms with Gasteiger partial charge in [0.25, 0.3) is 0 Å². The van der Waals surface area contributed by atoms with Gasteiger partial charge in [-0.3, -0.25) is 0 Å². The predicted octanol–water partition coefficient (Wildman–Crippen LogP) is 5.57. The maximum absolute atomic E-state index is 2.52. The van der Waals surface area contributed by atoms with Crippen molar-refractivity contribution >= 4 is 0 Å². The van der Waals surface area contributed by atoms with Crippen LogP contribution in [0.5, 0.6) is 0 Å². The largest absolute Gasteiger partial charge is 0.0873 e. The summed E-state index contributed by atoms with van der Waals surface area (Å²) in [5.41, 5.74) is 7.21. The number of hydrogen-bond acceptors (Lipinski definition) is 0. The molecule has 0 amide bonds. The summed E-state index contributed by atoms with van der Waals surface area (Å²) in [7, 11) is 0. The van der Waals surface area contributed by atoms with Crippen molar-refractivity contribution in [1.82, 2.24) is 0 Å². The van der Waals surface area contributed by atoms with Crippen molar-refractivity contribution in [3.05, 3.63) is 34.4 Å². The zero-order valence-corrected chi connectivity index (χ0v) is 11.9. The van der Waals surface area contributed by atoms with E-state index < -0.39 is 0 Å². The van der Waals surface area contributed by atoms with Crippen LogP contribution in [0.15, 0.2) is 34.4 Å². The van der Waals surface area contributed by atoms with Gasteiger partial charge in [0, 0.05) is 5.41 Å². The Morgan fingerprint density at radius 2 is 1.41 bits per heavy atom. The van der Waals surface area contributed by atoms with Crippen LogP contribution in [0.25, 0.3) is 0 Å². The average molecular weight is 230 g/mol. The number of allylic oxidation sites excluding steroid dienone is 6. The molecule has 0 radical (unpaired) electrons. The van der Waals surface area contributed by atoms with Gasteiger partial charge in [-0.1, -0.05) is 51.0 Å². The van der Waals surface area contributed by atoms with Gasteiger partial charge in [-0.15, -0.1) is 0 Å². The maximum atomic E-state index is 2.52. The molecule has 0 saturated heterocycles. The van der Waals surface area contributed by atoms with E-state index in [-0.39, 0.29) is 0 Å². The van der Waals surface area contributed by atoms with Crippen LogP contribution in [0.2, 0.25) is 0 Å². The molecule has 1 spiro atoms. The lowest BCUT2D eigenvalue weighted by Gasteiger charge is -2.30. The van der Waals surface area contributed by atoms with Crippen LogP contribution in [-0.2, 0) is 0 Å². The second-order valence-electron chi connectivity index (χ2n) is 5.24. The molecule has 0 fully saturated rings. The molecule has 94 valence electrons. The van der Waals surface area contributed by atoms with Gasteiger partial charge in [0.2, 0.25) is 0 Å². The van der Waals surface area contributed by atoms with Crippen molar-refractivity contribution in [2.24, 2.45) is 5.41 Å². The molecule has 0 aromatic rings. The fourth-order valence-electron chi connectivity index (χ4n) is 4.18. The minimum Gasteiger partial charge on any atom is -0.0873 e. The van der Waals surface area contributed by atoms with Gasteiger partial charge in [0.1, 0.15) is 0 Å². The van der Waals surface area contributed by atoms with Crippen molar-refractivity contribution < 1.29 is 0 Å². The molecule has 0 aliphatic heterocycles. The highest BCUT2D eigenvalue weighted by atomic mass is 14.5. The second-order valence-corrected chi connectivity index (χ2v) is 5.24. The SMILES string of the molecule is CCC1=C(CC)C2(C=CCC2)C(CC)=C1CC. The molecule has 17 heavy (non-hydrogen) atoms. The van der Waals surface area contributed by atoms with E-state index in [1.165, 1.54) is 38.5 Å². The summed E-state index contributed by atoms with van der Waals surface area (Å²) < 4.78 is 0. The Hall–Kier alpha value is -0.780. The quantitative estimate of drug-likeness (QED) is 0.554. The van der Waals surface area contributed by atoms with Crippen LogP contribution in [0.3, 0.4) is 0 Å². The van der Waals surface area contributed by atoms with E-state index in [4.69, 9.17) is 0 Å². The Labute approximate surface area is 106 Å². The Morgan fingerprint density at radius 3 is 1.71 bits per heavy atom. The van der Waals surface area contributed by atoms with E-state index in [1.54, 1.807) is 22.3 Å². The summed E-state index contributed by atoms with van der Waals surface area (Å²) in [6, 6.07) is 0. The van der Waals surface area contributed by atoms with E-state index in [0.29, 0.717) is 5.41 Å². The molecule has 0 N–H and O–H groups in total. The van der Waals surface area contributed by atoms with Gasteiger partial charge in [0.15, 0.2) is 0 Å². The molecule has 0 unspecified atom stereocenters. The summed E-state index contributed by atoms with van der Waals surface area (Å²) >= 11 is 0. The molecule has 0 atom stereocenters. The molecule has 0 saturated carbocycles. The van der Waals surface area contributed by atoms with E-state index in [1.807, 2.05) is 0 Å². The molecule has 0 aromatic heterocycles. The zero-order valence-electron chi connectivity index (χ0n) is 11.9. The summed E-state index contributed by atoms with van der Waals surface area (Å²) in [5, 5.41) is 0. The third-order valence-electron chi connectivity index (χ3n) is 4.69. The third-order valence-corrected chi connectivity index (χ3v) is 4.69. The average Bonchev–Trinajstić information content (AvgIpc) is 2.92. The third kappa shape index (κ3) is 1.64. The van der Waals surface area contributed by atoms with Crippen molar-refractivity contribution in [1.29, 1.82) is 0 Å². The van der Waals surface area contributed by atoms with Gasteiger partial charge in [-0.25, -0.2) is 0 Å². The minimum atomic E-state index is 0.347. The number of hydrogen-bond donors (Lipinski definition) is 0. The molecule has 2 rings (SSSR count). The predicted molar refractivity (Wildman–Crippen MR) is 76.0 cm³/mol. The molecule has 0 heteroatoms. The molecule has 0 nitrogen and oxygen atoms in total. The van der Waals surface area contributed by atoms with Crippen molar-refractivity contribution in [2.45, 2.75) is 66.2 Å². The first kappa shape index (κ1) is 12.7.